The lowest BCUT2D eigenvalue weighted by Gasteiger charge is -2.38. The topological polar surface area (TPSA) is 62.7 Å². The van der Waals surface area contributed by atoms with Crippen LogP contribution in [0.3, 0.4) is 0 Å². The quantitative estimate of drug-likeness (QED) is 0.671. The Morgan fingerprint density at radius 2 is 2.00 bits per heavy atom. The van der Waals surface area contributed by atoms with E-state index in [2.05, 4.69) is 20.9 Å². The number of rotatable bonds is 0. The summed E-state index contributed by atoms with van der Waals surface area (Å²) in [5.74, 6) is 0.228. The maximum atomic E-state index is 12.4. The monoisotopic (exact) mass is 355 g/mol. The molecule has 0 fully saturated rings. The number of amides is 2. The molecule has 7 heteroatoms. The molecule has 0 saturated carbocycles. The molecule has 0 saturated heterocycles. The molecule has 1 aromatic rings. The van der Waals surface area contributed by atoms with Gasteiger partial charge in [-0.3, -0.25) is 4.79 Å². The minimum absolute atomic E-state index is 0.183. The van der Waals surface area contributed by atoms with Crippen molar-refractivity contribution in [2.75, 3.05) is 16.8 Å². The van der Waals surface area contributed by atoms with Crippen LogP contribution in [0.2, 0.25) is 0 Å². The van der Waals surface area contributed by atoms with Crippen molar-refractivity contribution in [3.8, 4) is 0 Å². The summed E-state index contributed by atoms with van der Waals surface area (Å²) in [6, 6.07) is 2.80. The predicted octanol–water partition coefficient (Wildman–Crippen LogP) is 2.95. The van der Waals surface area contributed by atoms with Gasteiger partial charge in [-0.2, -0.15) is 0 Å². The Labute approximate surface area is 132 Å². The molecule has 0 aliphatic carbocycles. The summed E-state index contributed by atoms with van der Waals surface area (Å²) in [5.41, 5.74) is -0.0674. The maximum Gasteiger partial charge on any atom is 0.416 e. The molecule has 2 rings (SSSR count). The van der Waals surface area contributed by atoms with Gasteiger partial charge in [0, 0.05) is 7.05 Å². The van der Waals surface area contributed by atoms with E-state index in [-0.39, 0.29) is 5.91 Å². The summed E-state index contributed by atoms with van der Waals surface area (Å²) in [4.78, 5) is 31.8. The Balaban J connectivity index is 2.50. The van der Waals surface area contributed by atoms with Gasteiger partial charge in [-0.05, 0) is 55.8 Å². The van der Waals surface area contributed by atoms with E-state index in [1.165, 1.54) is 9.80 Å². The predicted molar refractivity (Wildman–Crippen MR) is 83.5 cm³/mol. The average molecular weight is 356 g/mol. The molecular formula is C14H18BrN3O3. The van der Waals surface area contributed by atoms with Crippen molar-refractivity contribution in [2.45, 2.75) is 39.3 Å². The number of pyridine rings is 1. The van der Waals surface area contributed by atoms with Crippen molar-refractivity contribution in [3.05, 3.63) is 16.7 Å². The molecule has 2 heterocycles. The highest BCUT2D eigenvalue weighted by Crippen LogP contribution is 2.35. The van der Waals surface area contributed by atoms with Gasteiger partial charge in [0.1, 0.15) is 16.2 Å². The molecule has 0 spiro atoms. The van der Waals surface area contributed by atoms with Gasteiger partial charge in [-0.25, -0.2) is 14.7 Å². The van der Waals surface area contributed by atoms with E-state index in [0.29, 0.717) is 16.1 Å². The van der Waals surface area contributed by atoms with Gasteiger partial charge in [0.05, 0.1) is 5.69 Å². The second kappa shape index (κ2) is 5.29. The van der Waals surface area contributed by atoms with Crippen molar-refractivity contribution in [3.63, 3.8) is 0 Å². The number of hydrogen-bond acceptors (Lipinski definition) is 4. The SMILES string of the molecule is C[C@@H]1C(=O)N(C)c2ccc(Br)nc2N1C(=O)OC(C)(C)C. The van der Waals surface area contributed by atoms with Gasteiger partial charge in [-0.15, -0.1) is 0 Å². The largest absolute Gasteiger partial charge is 0.443 e. The standard InChI is InChI=1S/C14H18BrN3O3/c1-8-12(19)17(5)9-6-7-10(15)16-11(9)18(8)13(20)21-14(2,3)4/h6-8H,1-5H3/t8-/m1/s1. The Morgan fingerprint density at radius 3 is 2.57 bits per heavy atom. The molecule has 0 aromatic carbocycles. The van der Waals surface area contributed by atoms with Gasteiger partial charge in [-0.1, -0.05) is 0 Å². The van der Waals surface area contributed by atoms with Gasteiger partial charge in [0.2, 0.25) is 5.91 Å². The number of fused-ring (bicyclic) bond motifs is 1. The molecule has 0 unspecified atom stereocenters. The van der Waals surface area contributed by atoms with Crippen molar-refractivity contribution < 1.29 is 14.3 Å². The minimum Gasteiger partial charge on any atom is -0.443 e. The number of nitrogens with zero attached hydrogens (tertiary/aromatic N) is 3. The lowest BCUT2D eigenvalue weighted by molar-refractivity contribution is -0.119. The number of likely N-dealkylation sites (N-methyl/N-ethyl adjacent to an activating group) is 1. The number of aromatic nitrogens is 1. The average Bonchev–Trinajstić information content (AvgIpc) is 2.34. The molecule has 1 aromatic heterocycles. The van der Waals surface area contributed by atoms with Crippen LogP contribution in [0.5, 0.6) is 0 Å². The van der Waals surface area contributed by atoms with Crippen LogP contribution in [-0.4, -0.2) is 35.7 Å². The summed E-state index contributed by atoms with van der Waals surface area (Å²) in [7, 11) is 1.67. The van der Waals surface area contributed by atoms with Crippen LogP contribution in [-0.2, 0) is 9.53 Å². The molecule has 21 heavy (non-hydrogen) atoms. The van der Waals surface area contributed by atoms with Crippen LogP contribution in [0.15, 0.2) is 16.7 Å². The second-order valence-corrected chi connectivity index (χ2v) is 6.71. The van der Waals surface area contributed by atoms with Crippen LogP contribution >= 0.6 is 15.9 Å². The molecule has 0 N–H and O–H groups in total. The van der Waals surface area contributed by atoms with Crippen LogP contribution in [0.4, 0.5) is 16.3 Å². The fourth-order valence-corrected chi connectivity index (χ4v) is 2.41. The Hall–Kier alpha value is -1.63. The third kappa shape index (κ3) is 3.02. The third-order valence-electron chi connectivity index (χ3n) is 3.08. The van der Waals surface area contributed by atoms with E-state index in [0.717, 1.165) is 0 Å². The van der Waals surface area contributed by atoms with E-state index in [1.54, 1.807) is 46.9 Å². The van der Waals surface area contributed by atoms with Crippen molar-refractivity contribution in [1.29, 1.82) is 0 Å². The summed E-state index contributed by atoms with van der Waals surface area (Å²) >= 11 is 3.29. The first-order chi connectivity index (χ1) is 9.61. The van der Waals surface area contributed by atoms with Crippen LogP contribution in [0, 0.1) is 0 Å². The molecular weight excluding hydrogens is 338 g/mol. The van der Waals surface area contributed by atoms with Crippen LogP contribution < -0.4 is 9.80 Å². The molecule has 6 nitrogen and oxygen atoms in total. The zero-order chi connectivity index (χ0) is 15.9. The van der Waals surface area contributed by atoms with Gasteiger partial charge < -0.3 is 9.64 Å². The second-order valence-electron chi connectivity index (χ2n) is 5.90. The minimum atomic E-state index is -0.667. The van der Waals surface area contributed by atoms with Gasteiger partial charge in [0.25, 0.3) is 0 Å². The first-order valence-corrected chi connectivity index (χ1v) is 7.37. The zero-order valence-electron chi connectivity index (χ0n) is 12.7. The Morgan fingerprint density at radius 1 is 1.38 bits per heavy atom. The van der Waals surface area contributed by atoms with E-state index < -0.39 is 17.7 Å². The number of hydrogen-bond donors (Lipinski definition) is 0. The van der Waals surface area contributed by atoms with Crippen molar-refractivity contribution >= 4 is 39.4 Å². The molecule has 0 bridgehead atoms. The van der Waals surface area contributed by atoms with Crippen molar-refractivity contribution in [2.24, 2.45) is 0 Å². The highest BCUT2D eigenvalue weighted by molar-refractivity contribution is 9.10. The fraction of sp³-hybridized carbons (Fsp3) is 0.500. The normalized spacial score (nSPS) is 18.6. The maximum absolute atomic E-state index is 12.4. The smallest absolute Gasteiger partial charge is 0.416 e. The first-order valence-electron chi connectivity index (χ1n) is 6.58. The number of halogens is 1. The lowest BCUT2D eigenvalue weighted by atomic mass is 10.1. The van der Waals surface area contributed by atoms with E-state index in [9.17, 15) is 9.59 Å². The van der Waals surface area contributed by atoms with Gasteiger partial charge in [0.15, 0.2) is 5.82 Å². The molecule has 1 aliphatic rings. The molecule has 1 atom stereocenters. The first kappa shape index (κ1) is 15.8. The summed E-state index contributed by atoms with van der Waals surface area (Å²) in [6.45, 7) is 7.00. The summed E-state index contributed by atoms with van der Waals surface area (Å²) in [6.07, 6.45) is -0.580. The number of carbonyl (C=O) groups is 2. The molecule has 0 radical (unpaired) electrons. The lowest BCUT2D eigenvalue weighted by Crippen LogP contribution is -2.54. The third-order valence-corrected chi connectivity index (χ3v) is 3.52. The fourth-order valence-electron chi connectivity index (χ4n) is 2.11. The Kier molecular flexibility index (Phi) is 3.97. The zero-order valence-corrected chi connectivity index (χ0v) is 14.3. The highest BCUT2D eigenvalue weighted by Gasteiger charge is 2.40. The highest BCUT2D eigenvalue weighted by atomic mass is 79.9. The molecule has 114 valence electrons. The van der Waals surface area contributed by atoms with Crippen molar-refractivity contribution in [1.82, 2.24) is 4.98 Å². The summed E-state index contributed by atoms with van der Waals surface area (Å²) < 4.78 is 5.98. The number of anilines is 2. The summed E-state index contributed by atoms with van der Waals surface area (Å²) in [5, 5.41) is 0. The molecule has 1 aliphatic heterocycles. The number of ether oxygens (including phenoxy) is 1. The van der Waals surface area contributed by atoms with E-state index in [4.69, 9.17) is 4.74 Å². The molecule has 2 amide bonds. The Bertz CT molecular complexity index is 598. The van der Waals surface area contributed by atoms with Gasteiger partial charge >= 0.3 is 6.09 Å². The van der Waals surface area contributed by atoms with Crippen LogP contribution in [0.1, 0.15) is 27.7 Å². The number of carbonyl (C=O) groups excluding carboxylic acids is 2. The van der Waals surface area contributed by atoms with Crippen LogP contribution in [0.25, 0.3) is 0 Å². The van der Waals surface area contributed by atoms with E-state index in [1.807, 2.05) is 0 Å². The van der Waals surface area contributed by atoms with E-state index >= 15 is 0 Å².